The minimum atomic E-state index is -3.63. The number of hydrogen-bond donors (Lipinski definition) is 4. The third-order valence-corrected chi connectivity index (χ3v) is 0. The molecule has 72 valence electrons. The molecule has 0 aromatic carbocycles. The van der Waals surface area contributed by atoms with E-state index in [-0.39, 0.29) is 55.5 Å². The van der Waals surface area contributed by atoms with E-state index in [9.17, 15) is 0 Å². The molecular formula is H10CaN2O7Si2. The molecule has 0 unspecified atom stereocenters. The maximum Gasteiger partial charge on any atom is 2.00 e. The van der Waals surface area contributed by atoms with E-state index >= 15 is 0 Å². The van der Waals surface area contributed by atoms with Gasteiger partial charge in [-0.3, -0.25) is 4.46 Å². The molecule has 0 aliphatic rings. The van der Waals surface area contributed by atoms with Crippen molar-refractivity contribution in [1.29, 1.82) is 0 Å². The summed E-state index contributed by atoms with van der Waals surface area (Å²) in [5.41, 5.74) is 0. The van der Waals surface area contributed by atoms with Gasteiger partial charge in [0.05, 0.1) is 0 Å². The topological polar surface area (TPSA) is 222 Å². The largest absolute Gasteiger partial charge is 2.00 e. The predicted octanol–water partition coefficient (Wildman–Crippen LogP) is -5.37. The monoisotopic (exact) mass is 246 g/mol. The van der Waals surface area contributed by atoms with Crippen LogP contribution in [0.25, 0.3) is 0 Å². The van der Waals surface area contributed by atoms with Crippen molar-refractivity contribution in [2.75, 3.05) is 0 Å². The van der Waals surface area contributed by atoms with E-state index in [0.29, 0.717) is 0 Å². The molecule has 12 heavy (non-hydrogen) atoms. The molecule has 0 fully saturated rings. The second-order valence-electron chi connectivity index (χ2n) is 0.533. The molecule has 9 nitrogen and oxygen atoms in total. The number of hydrogen-bond acceptors (Lipinski definition) is 6. The molecule has 0 spiro atoms. The zero-order valence-corrected chi connectivity index (χ0v) is 10.4. The zero-order chi connectivity index (χ0) is 7.15. The quantitative estimate of drug-likeness (QED) is 0.301. The third-order valence-electron chi connectivity index (χ3n) is 0. The number of rotatable bonds is 0. The standard InChI is InChI=1S/Ca.2H3N.H2O3Si.O3Si.H2O/c;;;2*1-4(2)3;/h;2*1H3;1-2H;;1H2/q+2;;;;-2;. The van der Waals surface area contributed by atoms with E-state index in [4.69, 9.17) is 28.1 Å². The molecule has 0 aliphatic carbocycles. The summed E-state index contributed by atoms with van der Waals surface area (Å²) in [4.78, 5) is 31.4. The van der Waals surface area contributed by atoms with Crippen LogP contribution in [-0.2, 0) is 8.92 Å². The van der Waals surface area contributed by atoms with Crippen LogP contribution in [0.5, 0.6) is 0 Å². The maximum absolute atomic E-state index is 8.74. The Labute approximate surface area is 101 Å². The van der Waals surface area contributed by atoms with Gasteiger partial charge in [-0.25, -0.2) is 0 Å². The summed E-state index contributed by atoms with van der Waals surface area (Å²) in [7, 11) is -6.76. The van der Waals surface area contributed by atoms with Crippen molar-refractivity contribution in [2.24, 2.45) is 0 Å². The first kappa shape index (κ1) is 39.4. The van der Waals surface area contributed by atoms with E-state index < -0.39 is 18.3 Å². The Kier molecular flexibility index (Phi) is 98.9. The van der Waals surface area contributed by atoms with Gasteiger partial charge in [0.1, 0.15) is 0 Å². The molecule has 0 radical (unpaired) electrons. The Morgan fingerprint density at radius 2 is 1.00 bits per heavy atom. The second-order valence-corrected chi connectivity index (χ2v) is 1.60. The van der Waals surface area contributed by atoms with Gasteiger partial charge in [0.15, 0.2) is 0 Å². The third kappa shape index (κ3) is 6530. The molecular weight excluding hydrogens is 236 g/mol. The SMILES string of the molecule is N.N.O.O=[Si](O)O.O=[Si]([O-])[O-].[Ca+2]. The molecule has 0 aliphatic heterocycles. The van der Waals surface area contributed by atoms with Crippen LogP contribution in [0.2, 0.25) is 0 Å². The Balaban J connectivity index is -0.0000000112. The van der Waals surface area contributed by atoms with Crippen LogP contribution in [0.3, 0.4) is 0 Å². The van der Waals surface area contributed by atoms with Gasteiger partial charge in [0.25, 0.3) is 0 Å². The van der Waals surface area contributed by atoms with Crippen molar-refractivity contribution in [3.05, 3.63) is 0 Å². The van der Waals surface area contributed by atoms with Gasteiger partial charge in [0.2, 0.25) is 0 Å². The van der Waals surface area contributed by atoms with E-state index in [2.05, 4.69) is 0 Å². The summed E-state index contributed by atoms with van der Waals surface area (Å²) in [6, 6.07) is 0. The average molecular weight is 246 g/mol. The summed E-state index contributed by atoms with van der Waals surface area (Å²) in [5.74, 6) is 0. The minimum Gasteiger partial charge on any atom is -0.672 e. The van der Waals surface area contributed by atoms with E-state index in [1.54, 1.807) is 0 Å². The van der Waals surface area contributed by atoms with Crippen LogP contribution in [0.15, 0.2) is 0 Å². The fraction of sp³-hybridized carbons (Fsp3) is 0. The predicted molar refractivity (Wildman–Crippen MR) is 36.7 cm³/mol. The smallest absolute Gasteiger partial charge is 0.672 e. The first-order chi connectivity index (χ1) is 3.46. The van der Waals surface area contributed by atoms with Gasteiger partial charge >= 0.3 is 46.9 Å². The first-order valence-corrected chi connectivity index (χ1v) is 3.79. The summed E-state index contributed by atoms with van der Waals surface area (Å²) in [5, 5.41) is 0. The van der Waals surface area contributed by atoms with Crippen LogP contribution in [0, 0.1) is 0 Å². The van der Waals surface area contributed by atoms with Crippen molar-refractivity contribution in [1.82, 2.24) is 12.3 Å². The fourth-order valence-corrected chi connectivity index (χ4v) is 0. The van der Waals surface area contributed by atoms with Crippen molar-refractivity contribution in [3.8, 4) is 0 Å². The summed E-state index contributed by atoms with van der Waals surface area (Å²) in [6.45, 7) is 0. The Hall–Kier alpha value is 0.374. The second kappa shape index (κ2) is 30.1. The molecule has 0 heterocycles. The molecule has 0 aromatic heterocycles. The van der Waals surface area contributed by atoms with Crippen molar-refractivity contribution < 1.29 is 33.6 Å². The zero-order valence-electron chi connectivity index (χ0n) is 6.15. The molecule has 0 rings (SSSR count). The Morgan fingerprint density at radius 1 is 1.00 bits per heavy atom. The van der Waals surface area contributed by atoms with Crippen LogP contribution < -0.4 is 21.9 Å². The van der Waals surface area contributed by atoms with Crippen LogP contribution in [-0.4, -0.2) is 71.1 Å². The van der Waals surface area contributed by atoms with E-state index in [1.807, 2.05) is 0 Å². The fourth-order valence-electron chi connectivity index (χ4n) is 0. The van der Waals surface area contributed by atoms with Gasteiger partial charge in [-0.15, -0.1) is 0 Å². The van der Waals surface area contributed by atoms with E-state index in [0.717, 1.165) is 0 Å². The maximum atomic E-state index is 8.74. The molecule has 0 saturated heterocycles. The van der Waals surface area contributed by atoms with Crippen LogP contribution in [0.1, 0.15) is 0 Å². The van der Waals surface area contributed by atoms with Crippen LogP contribution in [0.4, 0.5) is 0 Å². The average Bonchev–Trinajstić information content (AvgIpc) is 1.25. The molecule has 0 amide bonds. The normalized spacial score (nSPS) is 4.00. The Bertz CT molecular complexity index is 77.4. The van der Waals surface area contributed by atoms with Crippen molar-refractivity contribution in [2.45, 2.75) is 0 Å². The van der Waals surface area contributed by atoms with Gasteiger partial charge in [0, 0.05) is 9.17 Å². The molecule has 0 bridgehead atoms. The van der Waals surface area contributed by atoms with Crippen LogP contribution >= 0.6 is 0 Å². The van der Waals surface area contributed by atoms with Crippen molar-refractivity contribution in [3.63, 3.8) is 0 Å². The molecule has 0 atom stereocenters. The molecule has 12 heteroatoms. The molecule has 0 aromatic rings. The summed E-state index contributed by atoms with van der Waals surface area (Å²) in [6.07, 6.45) is 0. The van der Waals surface area contributed by atoms with Gasteiger partial charge < -0.3 is 41.4 Å². The first-order valence-electron chi connectivity index (χ1n) is 1.26. The summed E-state index contributed by atoms with van der Waals surface area (Å²) < 4.78 is 17.3. The summed E-state index contributed by atoms with van der Waals surface area (Å²) >= 11 is 0. The Morgan fingerprint density at radius 3 is 1.00 bits per heavy atom. The minimum absolute atomic E-state index is 0. The molecule has 0 saturated carbocycles. The van der Waals surface area contributed by atoms with Crippen molar-refractivity contribution >= 4 is 56.1 Å². The van der Waals surface area contributed by atoms with Gasteiger partial charge in [-0.2, -0.15) is 0 Å². The van der Waals surface area contributed by atoms with Gasteiger partial charge in [-0.05, 0) is 0 Å². The van der Waals surface area contributed by atoms with Gasteiger partial charge in [-0.1, -0.05) is 0 Å². The van der Waals surface area contributed by atoms with E-state index in [1.165, 1.54) is 0 Å². The molecule has 10 N–H and O–H groups in total.